The Bertz CT molecular complexity index is 1050. The molecule has 8 heteroatoms. The van der Waals surface area contributed by atoms with Crippen molar-refractivity contribution in [2.24, 2.45) is 0 Å². The van der Waals surface area contributed by atoms with Crippen LogP contribution in [0.3, 0.4) is 0 Å². The average Bonchev–Trinajstić information content (AvgIpc) is 3.14. The maximum atomic E-state index is 11.2. The van der Waals surface area contributed by atoms with Crippen LogP contribution in [-0.4, -0.2) is 22.7 Å². The van der Waals surface area contributed by atoms with E-state index in [-0.39, 0.29) is 29.1 Å². The number of fused-ring (bicyclic) bond motifs is 3. The fraction of sp³-hybridized carbons (Fsp3) is 0.273. The molecule has 1 aromatic heterocycles. The van der Waals surface area contributed by atoms with E-state index in [0.29, 0.717) is 25.5 Å². The van der Waals surface area contributed by atoms with Gasteiger partial charge in [-0.15, -0.1) is 0 Å². The predicted molar refractivity (Wildman–Crippen MR) is 110 cm³/mol. The molecule has 1 atom stereocenters. The third kappa shape index (κ3) is 3.99. The van der Waals surface area contributed by atoms with Gasteiger partial charge in [0, 0.05) is 36.6 Å². The van der Waals surface area contributed by atoms with Crippen LogP contribution >= 0.6 is 0 Å². The van der Waals surface area contributed by atoms with Gasteiger partial charge < -0.3 is 31.8 Å². The number of nitrogens with zero attached hydrogens (tertiary/aromatic N) is 2. The van der Waals surface area contributed by atoms with E-state index in [9.17, 15) is 10.1 Å². The van der Waals surface area contributed by atoms with Crippen LogP contribution in [0, 0.1) is 10.1 Å². The van der Waals surface area contributed by atoms with E-state index in [1.165, 1.54) is 6.07 Å². The zero-order valence-corrected chi connectivity index (χ0v) is 17.6. The number of non-ortho nitro benzene ring substituents is 1. The molecule has 0 amide bonds. The molecule has 30 heavy (non-hydrogen) atoms. The SMILES string of the molecule is CCOc1cc2c(cc1OCC)-n1cccc1C(c1cccc([N+](=O)[O-])c1)NC2.[Cl-]. The van der Waals surface area contributed by atoms with Gasteiger partial charge in [0.2, 0.25) is 0 Å². The zero-order chi connectivity index (χ0) is 20.4. The second-order valence-electron chi connectivity index (χ2n) is 6.76. The molecule has 0 bridgehead atoms. The van der Waals surface area contributed by atoms with Gasteiger partial charge in [-0.05, 0) is 43.2 Å². The zero-order valence-electron chi connectivity index (χ0n) is 16.8. The maximum absolute atomic E-state index is 11.2. The number of hydrogen-bond donors (Lipinski definition) is 1. The summed E-state index contributed by atoms with van der Waals surface area (Å²) in [5.41, 5.74) is 4.03. The Morgan fingerprint density at radius 2 is 1.83 bits per heavy atom. The van der Waals surface area contributed by atoms with Crippen molar-refractivity contribution < 1.29 is 26.8 Å². The normalized spacial score (nSPS) is 14.7. The minimum Gasteiger partial charge on any atom is -1.00 e. The van der Waals surface area contributed by atoms with Crippen molar-refractivity contribution in [3.63, 3.8) is 0 Å². The van der Waals surface area contributed by atoms with E-state index in [1.807, 2.05) is 50.4 Å². The van der Waals surface area contributed by atoms with Crippen LogP contribution in [0.5, 0.6) is 11.5 Å². The highest BCUT2D eigenvalue weighted by Gasteiger charge is 2.25. The largest absolute Gasteiger partial charge is 1.00 e. The van der Waals surface area contributed by atoms with Gasteiger partial charge in [0.1, 0.15) is 0 Å². The lowest BCUT2D eigenvalue weighted by Gasteiger charge is -2.18. The summed E-state index contributed by atoms with van der Waals surface area (Å²) in [4.78, 5) is 10.9. The number of nitro groups is 1. The number of rotatable bonds is 6. The number of nitrogens with one attached hydrogen (secondary N) is 1. The van der Waals surface area contributed by atoms with Gasteiger partial charge in [0.15, 0.2) is 11.5 Å². The quantitative estimate of drug-likeness (QED) is 0.474. The van der Waals surface area contributed by atoms with Crippen molar-refractivity contribution in [1.29, 1.82) is 0 Å². The molecule has 0 saturated heterocycles. The minimum atomic E-state index is -0.364. The second-order valence-corrected chi connectivity index (χ2v) is 6.76. The molecule has 1 unspecified atom stereocenters. The van der Waals surface area contributed by atoms with E-state index < -0.39 is 0 Å². The van der Waals surface area contributed by atoms with Crippen LogP contribution in [0.2, 0.25) is 0 Å². The summed E-state index contributed by atoms with van der Waals surface area (Å²) < 4.78 is 13.7. The monoisotopic (exact) mass is 428 g/mol. The van der Waals surface area contributed by atoms with Crippen LogP contribution in [0.15, 0.2) is 54.7 Å². The number of halogens is 1. The predicted octanol–water partition coefficient (Wildman–Crippen LogP) is 1.38. The van der Waals surface area contributed by atoms with Crippen molar-refractivity contribution in [3.05, 3.63) is 81.7 Å². The summed E-state index contributed by atoms with van der Waals surface area (Å²) in [6.45, 7) is 5.59. The standard InChI is InChI=1S/C22H23N3O4.ClH/c1-3-28-20-12-16-14-23-22(15-7-5-8-17(11-15)25(26)27)18-9-6-10-24(18)19(16)13-21(20)29-4-2;/h5-13,22-23H,3-4,14H2,1-2H3;1H/p-1. The molecular formula is C22H23ClN3O4-. The minimum absolute atomic E-state index is 0. The van der Waals surface area contributed by atoms with E-state index >= 15 is 0 Å². The number of nitro benzene ring substituents is 1. The summed E-state index contributed by atoms with van der Waals surface area (Å²) in [5, 5.41) is 14.8. The molecular weight excluding hydrogens is 406 g/mol. The van der Waals surface area contributed by atoms with Crippen molar-refractivity contribution in [2.75, 3.05) is 13.2 Å². The first kappa shape index (κ1) is 21.7. The first-order valence-corrected chi connectivity index (χ1v) is 9.70. The van der Waals surface area contributed by atoms with Gasteiger partial charge >= 0.3 is 0 Å². The lowest BCUT2D eigenvalue weighted by molar-refractivity contribution is -0.384. The highest BCUT2D eigenvalue weighted by Crippen LogP contribution is 2.37. The van der Waals surface area contributed by atoms with E-state index in [1.54, 1.807) is 12.1 Å². The van der Waals surface area contributed by atoms with E-state index in [2.05, 4.69) is 9.88 Å². The van der Waals surface area contributed by atoms with Crippen LogP contribution in [0.25, 0.3) is 5.69 Å². The Labute approximate surface area is 181 Å². The molecule has 0 radical (unpaired) electrons. The molecule has 158 valence electrons. The van der Waals surface area contributed by atoms with Crippen LogP contribution in [-0.2, 0) is 6.54 Å². The van der Waals surface area contributed by atoms with E-state index in [0.717, 1.165) is 28.3 Å². The molecule has 2 heterocycles. The Morgan fingerprint density at radius 3 is 2.53 bits per heavy atom. The molecule has 0 aliphatic carbocycles. The summed E-state index contributed by atoms with van der Waals surface area (Å²) in [6, 6.07) is 14.6. The molecule has 7 nitrogen and oxygen atoms in total. The van der Waals surface area contributed by atoms with Gasteiger partial charge in [-0.2, -0.15) is 0 Å². The Kier molecular flexibility index (Phi) is 6.64. The summed E-state index contributed by atoms with van der Waals surface area (Å²) in [7, 11) is 0. The Morgan fingerprint density at radius 1 is 1.10 bits per heavy atom. The maximum Gasteiger partial charge on any atom is 0.269 e. The molecule has 0 saturated carbocycles. The summed E-state index contributed by atoms with van der Waals surface area (Å²) in [6.07, 6.45) is 2.00. The summed E-state index contributed by atoms with van der Waals surface area (Å²) >= 11 is 0. The second kappa shape index (κ2) is 9.19. The number of hydrogen-bond acceptors (Lipinski definition) is 5. The van der Waals surface area contributed by atoms with Crippen LogP contribution < -0.4 is 27.2 Å². The smallest absolute Gasteiger partial charge is 0.269 e. The highest BCUT2D eigenvalue weighted by molar-refractivity contribution is 5.57. The van der Waals surface area contributed by atoms with Gasteiger partial charge in [-0.1, -0.05) is 12.1 Å². The van der Waals surface area contributed by atoms with Gasteiger partial charge in [-0.3, -0.25) is 10.1 Å². The molecule has 1 aliphatic rings. The van der Waals surface area contributed by atoms with Gasteiger partial charge in [0.25, 0.3) is 5.69 Å². The molecule has 2 aromatic carbocycles. The van der Waals surface area contributed by atoms with Crippen molar-refractivity contribution >= 4 is 5.69 Å². The van der Waals surface area contributed by atoms with E-state index in [4.69, 9.17) is 9.47 Å². The number of ether oxygens (including phenoxy) is 2. The summed E-state index contributed by atoms with van der Waals surface area (Å²) in [5.74, 6) is 1.43. The van der Waals surface area contributed by atoms with Crippen LogP contribution in [0.1, 0.15) is 36.7 Å². The fourth-order valence-electron chi connectivity index (χ4n) is 3.77. The first-order chi connectivity index (χ1) is 14.1. The van der Waals surface area contributed by atoms with Crippen molar-refractivity contribution in [3.8, 4) is 17.2 Å². The molecule has 4 rings (SSSR count). The van der Waals surface area contributed by atoms with Crippen LogP contribution in [0.4, 0.5) is 5.69 Å². The molecule has 1 aliphatic heterocycles. The lowest BCUT2D eigenvalue weighted by atomic mass is 10.0. The number of benzene rings is 2. The number of aromatic nitrogens is 1. The third-order valence-corrected chi connectivity index (χ3v) is 4.99. The molecule has 1 N–H and O–H groups in total. The highest BCUT2D eigenvalue weighted by atomic mass is 35.5. The molecule has 0 spiro atoms. The van der Waals surface area contributed by atoms with Crippen molar-refractivity contribution in [1.82, 2.24) is 9.88 Å². The Hall–Kier alpha value is -3.03. The van der Waals surface area contributed by atoms with Crippen molar-refractivity contribution in [2.45, 2.75) is 26.4 Å². The lowest BCUT2D eigenvalue weighted by Crippen LogP contribution is -3.00. The van der Waals surface area contributed by atoms with Gasteiger partial charge in [0.05, 0.1) is 29.9 Å². The molecule has 0 fully saturated rings. The molecule has 3 aromatic rings. The first-order valence-electron chi connectivity index (χ1n) is 9.70. The topological polar surface area (TPSA) is 78.6 Å². The fourth-order valence-corrected chi connectivity index (χ4v) is 3.77. The average molecular weight is 429 g/mol. The van der Waals surface area contributed by atoms with Gasteiger partial charge in [-0.25, -0.2) is 0 Å². The third-order valence-electron chi connectivity index (χ3n) is 4.99. The Balaban J connectivity index is 0.00000256.